The minimum absolute atomic E-state index is 0.0804. The first-order valence-electron chi connectivity index (χ1n) is 8.83. The Kier molecular flexibility index (Phi) is 5.72. The zero-order valence-electron chi connectivity index (χ0n) is 15.3. The van der Waals surface area contributed by atoms with E-state index in [0.29, 0.717) is 6.04 Å². The van der Waals surface area contributed by atoms with Gasteiger partial charge < -0.3 is 9.64 Å². The van der Waals surface area contributed by atoms with Crippen LogP contribution in [0.1, 0.15) is 65.4 Å². The van der Waals surface area contributed by atoms with Crippen LogP contribution in [0.15, 0.2) is 24.3 Å². The maximum atomic E-state index is 12.6. The van der Waals surface area contributed by atoms with Gasteiger partial charge in [0.15, 0.2) is 6.10 Å². The third-order valence-corrected chi connectivity index (χ3v) is 4.85. The Morgan fingerprint density at radius 3 is 2.22 bits per heavy atom. The van der Waals surface area contributed by atoms with Crippen LogP contribution in [0, 0.1) is 0 Å². The molecule has 3 heteroatoms. The van der Waals surface area contributed by atoms with E-state index < -0.39 is 6.10 Å². The Morgan fingerprint density at radius 2 is 1.70 bits per heavy atom. The summed E-state index contributed by atoms with van der Waals surface area (Å²) in [5, 5.41) is 0. The van der Waals surface area contributed by atoms with Crippen LogP contribution in [0.4, 0.5) is 0 Å². The molecule has 0 saturated heterocycles. The summed E-state index contributed by atoms with van der Waals surface area (Å²) >= 11 is 0. The predicted molar refractivity (Wildman–Crippen MR) is 94.9 cm³/mol. The zero-order chi connectivity index (χ0) is 17.0. The first-order valence-corrected chi connectivity index (χ1v) is 8.83. The highest BCUT2D eigenvalue weighted by Gasteiger charge is 2.26. The second kappa shape index (κ2) is 7.37. The summed E-state index contributed by atoms with van der Waals surface area (Å²) in [4.78, 5) is 14.5. The molecule has 1 aliphatic carbocycles. The van der Waals surface area contributed by atoms with E-state index in [1.54, 1.807) is 0 Å². The number of rotatable bonds is 4. The summed E-state index contributed by atoms with van der Waals surface area (Å²) in [6.45, 7) is 8.41. The number of carbonyl (C=O) groups excluding carboxylic acids is 1. The van der Waals surface area contributed by atoms with Crippen molar-refractivity contribution in [1.82, 2.24) is 4.90 Å². The predicted octanol–water partition coefficient (Wildman–Crippen LogP) is 4.54. The summed E-state index contributed by atoms with van der Waals surface area (Å²) < 4.78 is 5.86. The molecule has 2 rings (SSSR count). The maximum absolute atomic E-state index is 12.6. The first-order chi connectivity index (χ1) is 10.8. The number of amides is 1. The van der Waals surface area contributed by atoms with Crippen molar-refractivity contribution >= 4 is 5.91 Å². The number of hydrogen-bond acceptors (Lipinski definition) is 2. The molecule has 0 bridgehead atoms. The van der Waals surface area contributed by atoms with Gasteiger partial charge in [-0.15, -0.1) is 0 Å². The normalized spacial score (nSPS) is 17.6. The lowest BCUT2D eigenvalue weighted by atomic mass is 9.87. The molecule has 1 amide bonds. The van der Waals surface area contributed by atoms with E-state index in [9.17, 15) is 4.79 Å². The molecular formula is C20H31NO2. The van der Waals surface area contributed by atoms with Crippen molar-refractivity contribution in [3.05, 3.63) is 29.8 Å². The van der Waals surface area contributed by atoms with E-state index in [2.05, 4.69) is 32.9 Å². The highest BCUT2D eigenvalue weighted by Crippen LogP contribution is 2.25. The second-order valence-electron chi connectivity index (χ2n) is 7.78. The van der Waals surface area contributed by atoms with E-state index in [1.165, 1.54) is 24.8 Å². The van der Waals surface area contributed by atoms with Crippen molar-refractivity contribution < 1.29 is 9.53 Å². The van der Waals surface area contributed by atoms with Gasteiger partial charge in [0.25, 0.3) is 5.91 Å². The molecule has 1 saturated carbocycles. The molecule has 0 heterocycles. The monoisotopic (exact) mass is 317 g/mol. The molecule has 1 aromatic carbocycles. The van der Waals surface area contributed by atoms with Gasteiger partial charge in [0, 0.05) is 13.1 Å². The Bertz CT molecular complexity index is 509. The van der Waals surface area contributed by atoms with E-state index >= 15 is 0 Å². The molecule has 1 aromatic rings. The van der Waals surface area contributed by atoms with Gasteiger partial charge in [-0.05, 0) is 42.9 Å². The number of hydrogen-bond donors (Lipinski definition) is 0. The molecule has 128 valence electrons. The standard InChI is InChI=1S/C20H31NO2/c1-15(19(22)21(5)17-9-7-6-8-10-17)23-18-13-11-16(12-14-18)20(2,3)4/h11-15,17H,6-10H2,1-5H3/t15-/m1/s1. The molecule has 0 aromatic heterocycles. The minimum atomic E-state index is -0.442. The van der Waals surface area contributed by atoms with Gasteiger partial charge in [0.1, 0.15) is 5.75 Å². The molecular weight excluding hydrogens is 286 g/mol. The summed E-state index contributed by atoms with van der Waals surface area (Å²) in [6.07, 6.45) is 5.55. The van der Waals surface area contributed by atoms with Crippen molar-refractivity contribution in [1.29, 1.82) is 0 Å². The topological polar surface area (TPSA) is 29.5 Å². The van der Waals surface area contributed by atoms with Crippen LogP contribution in [-0.4, -0.2) is 30.0 Å². The van der Waals surface area contributed by atoms with E-state index in [4.69, 9.17) is 4.74 Å². The van der Waals surface area contributed by atoms with Gasteiger partial charge in [0.2, 0.25) is 0 Å². The Morgan fingerprint density at radius 1 is 1.13 bits per heavy atom. The van der Waals surface area contributed by atoms with Crippen LogP contribution < -0.4 is 4.74 Å². The maximum Gasteiger partial charge on any atom is 0.263 e. The lowest BCUT2D eigenvalue weighted by Crippen LogP contribution is -2.44. The van der Waals surface area contributed by atoms with Gasteiger partial charge in [-0.2, -0.15) is 0 Å². The minimum Gasteiger partial charge on any atom is -0.481 e. The SMILES string of the molecule is C[C@@H](Oc1ccc(C(C)(C)C)cc1)C(=O)N(C)C1CCCCC1. The average Bonchev–Trinajstić information content (AvgIpc) is 2.54. The van der Waals surface area contributed by atoms with Gasteiger partial charge >= 0.3 is 0 Å². The quantitative estimate of drug-likeness (QED) is 0.816. The van der Waals surface area contributed by atoms with Crippen LogP contribution in [0.5, 0.6) is 5.75 Å². The van der Waals surface area contributed by atoms with Crippen molar-refractivity contribution in [3.63, 3.8) is 0 Å². The van der Waals surface area contributed by atoms with Crippen molar-refractivity contribution in [2.24, 2.45) is 0 Å². The molecule has 0 aliphatic heterocycles. The average molecular weight is 317 g/mol. The summed E-state index contributed by atoms with van der Waals surface area (Å²) in [7, 11) is 1.92. The largest absolute Gasteiger partial charge is 0.481 e. The third-order valence-electron chi connectivity index (χ3n) is 4.85. The van der Waals surface area contributed by atoms with Crippen molar-refractivity contribution in [3.8, 4) is 5.75 Å². The molecule has 0 radical (unpaired) electrons. The molecule has 0 spiro atoms. The summed E-state index contributed by atoms with van der Waals surface area (Å²) in [5.41, 5.74) is 1.39. The zero-order valence-corrected chi connectivity index (χ0v) is 15.3. The molecule has 1 atom stereocenters. The fourth-order valence-corrected chi connectivity index (χ4v) is 3.22. The molecule has 1 aliphatic rings. The lowest BCUT2D eigenvalue weighted by Gasteiger charge is -2.33. The fourth-order valence-electron chi connectivity index (χ4n) is 3.22. The Balaban J connectivity index is 1.95. The lowest BCUT2D eigenvalue weighted by molar-refractivity contribution is -0.139. The number of benzene rings is 1. The van der Waals surface area contributed by atoms with Crippen LogP contribution in [-0.2, 0) is 10.2 Å². The van der Waals surface area contributed by atoms with Crippen LogP contribution in [0.3, 0.4) is 0 Å². The fraction of sp³-hybridized carbons (Fsp3) is 0.650. The smallest absolute Gasteiger partial charge is 0.263 e. The molecule has 23 heavy (non-hydrogen) atoms. The number of carbonyl (C=O) groups is 1. The van der Waals surface area contributed by atoms with Crippen molar-refractivity contribution in [2.45, 2.75) is 77.4 Å². The number of nitrogens with zero attached hydrogens (tertiary/aromatic N) is 1. The van der Waals surface area contributed by atoms with E-state index in [1.807, 2.05) is 31.0 Å². The summed E-state index contributed by atoms with van der Waals surface area (Å²) in [6, 6.07) is 8.47. The van der Waals surface area contributed by atoms with Gasteiger partial charge in [-0.1, -0.05) is 52.2 Å². The van der Waals surface area contributed by atoms with Crippen LogP contribution >= 0.6 is 0 Å². The Hall–Kier alpha value is -1.51. The third kappa shape index (κ3) is 4.73. The summed E-state index contributed by atoms with van der Waals surface area (Å²) in [5.74, 6) is 0.840. The second-order valence-corrected chi connectivity index (χ2v) is 7.78. The first kappa shape index (κ1) is 17.8. The number of ether oxygens (including phenoxy) is 1. The van der Waals surface area contributed by atoms with E-state index in [0.717, 1.165) is 18.6 Å². The van der Waals surface area contributed by atoms with Gasteiger partial charge in [-0.25, -0.2) is 0 Å². The Labute approximate surface area is 141 Å². The highest BCUT2D eigenvalue weighted by atomic mass is 16.5. The van der Waals surface area contributed by atoms with Gasteiger partial charge in [0.05, 0.1) is 0 Å². The van der Waals surface area contributed by atoms with Crippen LogP contribution in [0.25, 0.3) is 0 Å². The molecule has 0 unspecified atom stereocenters. The molecule has 3 nitrogen and oxygen atoms in total. The van der Waals surface area contributed by atoms with Crippen LogP contribution in [0.2, 0.25) is 0 Å². The van der Waals surface area contributed by atoms with Gasteiger partial charge in [-0.3, -0.25) is 4.79 Å². The molecule has 1 fully saturated rings. The van der Waals surface area contributed by atoms with E-state index in [-0.39, 0.29) is 11.3 Å². The highest BCUT2D eigenvalue weighted by molar-refractivity contribution is 5.81. The van der Waals surface area contributed by atoms with Crippen molar-refractivity contribution in [2.75, 3.05) is 7.05 Å². The number of likely N-dealkylation sites (N-methyl/N-ethyl adjacent to an activating group) is 1. The molecule has 0 N–H and O–H groups in total.